The summed E-state index contributed by atoms with van der Waals surface area (Å²) in [4.78, 5) is 13.3. The van der Waals surface area contributed by atoms with Gasteiger partial charge in [-0.25, -0.2) is 0 Å². The lowest BCUT2D eigenvalue weighted by molar-refractivity contribution is -0.277. The number of rotatable bonds is 12. The van der Waals surface area contributed by atoms with Gasteiger partial charge < -0.3 is 44.5 Å². The molecule has 10 heteroatoms. The van der Waals surface area contributed by atoms with Crippen molar-refractivity contribution < 1.29 is 49.3 Å². The molecule has 0 radical (unpaired) electrons. The molecule has 1 saturated heterocycles. The van der Waals surface area contributed by atoms with Crippen LogP contribution in [0.3, 0.4) is 0 Å². The normalized spacial score (nSPS) is 21.4. The highest BCUT2D eigenvalue weighted by atomic mass is 16.7. The van der Waals surface area contributed by atoms with Crippen LogP contribution in [0.2, 0.25) is 0 Å². The molecular formula is C35H34O10. The topological polar surface area (TPSA) is 155 Å². The number of hydrogen-bond donors (Lipinski definition) is 5. The van der Waals surface area contributed by atoms with Gasteiger partial charge in [0, 0.05) is 0 Å². The fraction of sp³-hybridized carbons (Fsp3) is 0.229. The zero-order valence-corrected chi connectivity index (χ0v) is 24.2. The second-order valence-corrected chi connectivity index (χ2v) is 10.4. The Morgan fingerprint density at radius 2 is 1.38 bits per heavy atom. The summed E-state index contributed by atoms with van der Waals surface area (Å²) in [7, 11) is 0. The minimum atomic E-state index is -1.69. The van der Waals surface area contributed by atoms with Crippen molar-refractivity contribution in [3.63, 3.8) is 0 Å². The Kier molecular flexibility index (Phi) is 10.5. The van der Waals surface area contributed by atoms with Crippen LogP contribution < -0.4 is 14.2 Å². The van der Waals surface area contributed by atoms with Gasteiger partial charge in [0.15, 0.2) is 17.3 Å². The zero-order chi connectivity index (χ0) is 31.8. The molecule has 0 aromatic heterocycles. The Balaban J connectivity index is 1.35. The van der Waals surface area contributed by atoms with E-state index in [2.05, 4.69) is 0 Å². The van der Waals surface area contributed by atoms with Crippen LogP contribution in [-0.2, 0) is 18.0 Å². The van der Waals surface area contributed by atoms with Crippen LogP contribution in [0, 0.1) is 0 Å². The molecule has 1 heterocycles. The number of aromatic hydroxyl groups is 1. The first-order chi connectivity index (χ1) is 21.8. The number of aliphatic hydroxyl groups is 4. The first kappa shape index (κ1) is 31.7. The summed E-state index contributed by atoms with van der Waals surface area (Å²) >= 11 is 0. The number of carbonyl (C=O) groups excluding carboxylic acids is 1. The van der Waals surface area contributed by atoms with Gasteiger partial charge in [-0.1, -0.05) is 78.9 Å². The number of ether oxygens (including phenoxy) is 4. The molecule has 1 aliphatic rings. The lowest BCUT2D eigenvalue weighted by Gasteiger charge is -2.39. The van der Waals surface area contributed by atoms with Crippen molar-refractivity contribution in [3.05, 3.63) is 125 Å². The van der Waals surface area contributed by atoms with Crippen LogP contribution in [0.15, 0.2) is 103 Å². The van der Waals surface area contributed by atoms with E-state index in [-0.39, 0.29) is 17.1 Å². The van der Waals surface area contributed by atoms with Crippen molar-refractivity contribution in [1.82, 2.24) is 0 Å². The average Bonchev–Trinajstić information content (AvgIpc) is 3.07. The number of carbonyl (C=O) groups is 1. The number of hydrogen-bond acceptors (Lipinski definition) is 10. The van der Waals surface area contributed by atoms with Crippen LogP contribution in [0.4, 0.5) is 0 Å². The van der Waals surface area contributed by atoms with E-state index in [1.54, 1.807) is 24.3 Å². The molecule has 4 aromatic carbocycles. The highest BCUT2D eigenvalue weighted by Gasteiger charge is 2.45. The van der Waals surface area contributed by atoms with Gasteiger partial charge in [-0.2, -0.15) is 0 Å². The second-order valence-electron chi connectivity index (χ2n) is 10.4. The second kappa shape index (κ2) is 14.8. The zero-order valence-electron chi connectivity index (χ0n) is 24.2. The number of ketones is 1. The summed E-state index contributed by atoms with van der Waals surface area (Å²) in [5.41, 5.74) is 2.36. The van der Waals surface area contributed by atoms with Crippen LogP contribution in [0.5, 0.6) is 23.0 Å². The third kappa shape index (κ3) is 7.88. The SMILES string of the molecule is O=C(/C=C/c1ccc(OCc2ccccc2)c(OCc2ccccc2)c1)c1c(O)cccc1O[C@@H]1O[C@@H](CO)[C@@H](O)[C@H](O)[C@@H]1O. The summed E-state index contributed by atoms with van der Waals surface area (Å²) in [6, 6.07) is 28.7. The fourth-order valence-corrected chi connectivity index (χ4v) is 4.74. The number of phenols is 1. The summed E-state index contributed by atoms with van der Waals surface area (Å²) < 4.78 is 23.2. The quantitative estimate of drug-likeness (QED) is 0.118. The molecule has 45 heavy (non-hydrogen) atoms. The number of benzene rings is 4. The first-order valence-corrected chi connectivity index (χ1v) is 14.3. The van der Waals surface area contributed by atoms with Crippen molar-refractivity contribution in [2.45, 2.75) is 43.9 Å². The lowest BCUT2D eigenvalue weighted by atomic mass is 9.99. The van der Waals surface area contributed by atoms with Crippen molar-refractivity contribution in [2.24, 2.45) is 0 Å². The Bertz CT molecular complexity index is 1590. The predicted octanol–water partition coefficient (Wildman–Crippen LogP) is 3.63. The van der Waals surface area contributed by atoms with Gasteiger partial charge in [0.1, 0.15) is 54.7 Å². The van der Waals surface area contributed by atoms with E-state index in [0.29, 0.717) is 30.3 Å². The molecule has 1 fully saturated rings. The standard InChI is InChI=1S/C35H34O10/c36-19-30-32(39)33(40)34(41)35(45-30)44-28-13-7-12-25(37)31(28)26(38)16-14-22-15-17-27(42-20-23-8-3-1-4-9-23)29(18-22)43-21-24-10-5-2-6-11-24/h1-18,30,32-37,39-41H,19-21H2/b16-14+/t30-,32+,33-,34-,35+/m0/s1. The van der Waals surface area contributed by atoms with E-state index in [1.807, 2.05) is 60.7 Å². The number of aliphatic hydroxyl groups excluding tert-OH is 4. The highest BCUT2D eigenvalue weighted by Crippen LogP contribution is 2.33. The third-order valence-electron chi connectivity index (χ3n) is 7.21. The molecule has 0 aliphatic carbocycles. The Morgan fingerprint density at radius 3 is 2.02 bits per heavy atom. The van der Waals surface area contributed by atoms with Crippen LogP contribution in [0.1, 0.15) is 27.0 Å². The number of phenolic OH excluding ortho intramolecular Hbond substituents is 1. The van der Waals surface area contributed by atoms with Gasteiger partial charge in [-0.05, 0) is 47.0 Å². The van der Waals surface area contributed by atoms with Gasteiger partial charge in [-0.3, -0.25) is 4.79 Å². The summed E-state index contributed by atoms with van der Waals surface area (Å²) in [5.74, 6) is -0.148. The molecule has 234 valence electrons. The molecule has 0 amide bonds. The van der Waals surface area contributed by atoms with E-state index in [9.17, 15) is 30.3 Å². The van der Waals surface area contributed by atoms with E-state index < -0.39 is 43.1 Å². The largest absolute Gasteiger partial charge is 0.507 e. The van der Waals surface area contributed by atoms with Crippen LogP contribution in [0.25, 0.3) is 6.08 Å². The summed E-state index contributed by atoms with van der Waals surface area (Å²) in [6.45, 7) is -0.0155. The molecule has 5 N–H and O–H groups in total. The van der Waals surface area contributed by atoms with Gasteiger partial charge in [0.05, 0.1) is 6.61 Å². The minimum absolute atomic E-state index is 0.134. The molecule has 1 aliphatic heterocycles. The summed E-state index contributed by atoms with van der Waals surface area (Å²) in [5, 5.41) is 50.6. The fourth-order valence-electron chi connectivity index (χ4n) is 4.74. The molecule has 0 saturated carbocycles. The highest BCUT2D eigenvalue weighted by molar-refractivity contribution is 6.10. The average molecular weight is 615 g/mol. The van der Waals surface area contributed by atoms with E-state index in [0.717, 1.165) is 11.1 Å². The lowest BCUT2D eigenvalue weighted by Crippen LogP contribution is -2.60. The Hall–Kier alpha value is -4.71. The molecule has 5 atom stereocenters. The predicted molar refractivity (Wildman–Crippen MR) is 164 cm³/mol. The van der Waals surface area contributed by atoms with Gasteiger partial charge in [0.25, 0.3) is 0 Å². The maximum absolute atomic E-state index is 13.3. The minimum Gasteiger partial charge on any atom is -0.507 e. The molecule has 0 unspecified atom stereocenters. The molecular weight excluding hydrogens is 580 g/mol. The maximum atomic E-state index is 13.3. The van der Waals surface area contributed by atoms with Crippen molar-refractivity contribution >= 4 is 11.9 Å². The van der Waals surface area contributed by atoms with E-state index in [1.165, 1.54) is 24.3 Å². The summed E-state index contributed by atoms with van der Waals surface area (Å²) in [6.07, 6.45) is -4.89. The third-order valence-corrected chi connectivity index (χ3v) is 7.21. The smallest absolute Gasteiger partial charge is 0.229 e. The first-order valence-electron chi connectivity index (χ1n) is 14.3. The van der Waals surface area contributed by atoms with Crippen molar-refractivity contribution in [3.8, 4) is 23.0 Å². The molecule has 10 nitrogen and oxygen atoms in total. The van der Waals surface area contributed by atoms with Crippen LogP contribution in [-0.4, -0.2) is 68.6 Å². The van der Waals surface area contributed by atoms with Gasteiger partial charge >= 0.3 is 0 Å². The monoisotopic (exact) mass is 614 g/mol. The number of allylic oxidation sites excluding steroid dienone is 1. The van der Waals surface area contributed by atoms with Crippen LogP contribution >= 0.6 is 0 Å². The van der Waals surface area contributed by atoms with Crippen molar-refractivity contribution in [2.75, 3.05) is 6.61 Å². The van der Waals surface area contributed by atoms with E-state index >= 15 is 0 Å². The van der Waals surface area contributed by atoms with Gasteiger partial charge in [0.2, 0.25) is 6.29 Å². The molecule has 0 spiro atoms. The van der Waals surface area contributed by atoms with Crippen molar-refractivity contribution in [1.29, 1.82) is 0 Å². The maximum Gasteiger partial charge on any atom is 0.229 e. The molecule has 4 aromatic rings. The van der Waals surface area contributed by atoms with E-state index in [4.69, 9.17) is 18.9 Å². The Morgan fingerprint density at radius 1 is 0.733 bits per heavy atom. The Labute approximate surface area is 260 Å². The molecule has 5 rings (SSSR count). The molecule has 0 bridgehead atoms. The van der Waals surface area contributed by atoms with Gasteiger partial charge in [-0.15, -0.1) is 0 Å².